The van der Waals surface area contributed by atoms with Gasteiger partial charge in [-0.3, -0.25) is 0 Å². The lowest BCUT2D eigenvalue weighted by Crippen LogP contribution is -2.41. The largest absolute Gasteiger partial charge is 0.479 e. The summed E-state index contributed by atoms with van der Waals surface area (Å²) in [4.78, 5) is 21.6. The topological polar surface area (TPSA) is 98.7 Å². The zero-order chi connectivity index (χ0) is 13.5. The molecule has 4 N–H and O–H groups in total. The highest BCUT2D eigenvalue weighted by Gasteiger charge is 2.13. The van der Waals surface area contributed by atoms with E-state index >= 15 is 0 Å². The Bertz CT molecular complexity index is 422. The maximum Gasteiger partial charge on any atom is 0.334 e. The van der Waals surface area contributed by atoms with Crippen LogP contribution in [0.15, 0.2) is 28.7 Å². The normalized spacial score (nSPS) is 11.7. The van der Waals surface area contributed by atoms with E-state index in [1.54, 1.807) is 0 Å². The van der Waals surface area contributed by atoms with Gasteiger partial charge in [-0.15, -0.1) is 0 Å². The summed E-state index contributed by atoms with van der Waals surface area (Å²) in [6.07, 6.45) is -1.59. The number of amides is 2. The molecule has 0 bridgehead atoms. The van der Waals surface area contributed by atoms with Crippen LogP contribution in [-0.4, -0.2) is 34.9 Å². The average molecular weight is 317 g/mol. The number of hydrogen-bond donors (Lipinski definition) is 4. The lowest BCUT2D eigenvalue weighted by Gasteiger charge is -2.09. The van der Waals surface area contributed by atoms with Gasteiger partial charge in [-0.1, -0.05) is 28.1 Å². The van der Waals surface area contributed by atoms with E-state index in [9.17, 15) is 9.59 Å². The maximum absolute atomic E-state index is 11.3. The fourth-order valence-corrected chi connectivity index (χ4v) is 1.39. The van der Waals surface area contributed by atoms with E-state index in [0.29, 0.717) is 6.54 Å². The van der Waals surface area contributed by atoms with Gasteiger partial charge in [0.05, 0.1) is 6.54 Å². The molecule has 2 amide bonds. The number of carbonyl (C=O) groups excluding carboxylic acids is 1. The number of urea groups is 1. The minimum atomic E-state index is -1.59. The van der Waals surface area contributed by atoms with Gasteiger partial charge in [-0.05, 0) is 17.7 Å². The summed E-state index contributed by atoms with van der Waals surface area (Å²) in [5.41, 5.74) is 0.909. The summed E-state index contributed by atoms with van der Waals surface area (Å²) >= 11 is 3.30. The molecule has 7 heteroatoms. The molecule has 0 saturated carbocycles. The van der Waals surface area contributed by atoms with Crippen LogP contribution in [0.5, 0.6) is 0 Å². The second kappa shape index (κ2) is 6.97. The molecule has 98 valence electrons. The number of halogens is 1. The fraction of sp³-hybridized carbons (Fsp3) is 0.273. The van der Waals surface area contributed by atoms with Crippen molar-refractivity contribution in [1.82, 2.24) is 10.6 Å². The molecule has 1 aromatic rings. The molecule has 1 aromatic carbocycles. The van der Waals surface area contributed by atoms with Crippen molar-refractivity contribution in [1.29, 1.82) is 0 Å². The number of hydrogen-bond acceptors (Lipinski definition) is 3. The Kier molecular flexibility index (Phi) is 5.60. The van der Waals surface area contributed by atoms with Gasteiger partial charge in [-0.25, -0.2) is 9.59 Å². The van der Waals surface area contributed by atoms with Crippen molar-refractivity contribution in [3.63, 3.8) is 0 Å². The molecule has 0 radical (unpaired) electrons. The molecule has 0 heterocycles. The van der Waals surface area contributed by atoms with Gasteiger partial charge in [0.2, 0.25) is 0 Å². The molecule has 0 spiro atoms. The van der Waals surface area contributed by atoms with Gasteiger partial charge in [0.25, 0.3) is 0 Å². The number of carboxylic acids is 1. The molecular weight excluding hydrogens is 304 g/mol. The van der Waals surface area contributed by atoms with Gasteiger partial charge in [0.1, 0.15) is 0 Å². The molecule has 1 unspecified atom stereocenters. The van der Waals surface area contributed by atoms with Gasteiger partial charge < -0.3 is 20.8 Å². The van der Waals surface area contributed by atoms with E-state index < -0.39 is 18.1 Å². The summed E-state index contributed by atoms with van der Waals surface area (Å²) in [5, 5.41) is 22.1. The van der Waals surface area contributed by atoms with Gasteiger partial charge >= 0.3 is 12.0 Å². The third-order valence-corrected chi connectivity index (χ3v) is 2.64. The SMILES string of the molecule is O=C(NCc1ccc(Br)cc1)NCC(O)C(=O)O. The second-order valence-corrected chi connectivity index (χ2v) is 4.46. The highest BCUT2D eigenvalue weighted by molar-refractivity contribution is 9.10. The molecule has 0 saturated heterocycles. The van der Waals surface area contributed by atoms with Crippen molar-refractivity contribution >= 4 is 27.9 Å². The van der Waals surface area contributed by atoms with Crippen molar-refractivity contribution in [2.45, 2.75) is 12.6 Å². The standard InChI is InChI=1S/C11H13BrN2O4/c12-8-3-1-7(2-4-8)5-13-11(18)14-6-9(15)10(16)17/h1-4,9,15H,5-6H2,(H,16,17)(H2,13,14,18). The van der Waals surface area contributed by atoms with E-state index in [-0.39, 0.29) is 6.54 Å². The Morgan fingerprint density at radius 2 is 1.83 bits per heavy atom. The molecule has 6 nitrogen and oxygen atoms in total. The number of carbonyl (C=O) groups is 2. The van der Waals surface area contributed by atoms with Crippen LogP contribution in [-0.2, 0) is 11.3 Å². The number of aliphatic carboxylic acids is 1. The first-order chi connectivity index (χ1) is 8.49. The molecule has 0 aliphatic carbocycles. The van der Waals surface area contributed by atoms with Crippen LogP contribution >= 0.6 is 15.9 Å². The minimum absolute atomic E-state index is 0.322. The number of benzene rings is 1. The summed E-state index contributed by atoms with van der Waals surface area (Å²) in [5.74, 6) is -1.37. The quantitative estimate of drug-likeness (QED) is 0.642. The molecule has 1 atom stereocenters. The van der Waals surface area contributed by atoms with Crippen molar-refractivity contribution in [3.05, 3.63) is 34.3 Å². The molecular formula is C11H13BrN2O4. The third kappa shape index (κ3) is 5.15. The number of aliphatic hydroxyl groups is 1. The first-order valence-electron chi connectivity index (χ1n) is 5.16. The van der Waals surface area contributed by atoms with Crippen LogP contribution in [0.4, 0.5) is 4.79 Å². The summed E-state index contributed by atoms with van der Waals surface area (Å²) in [6.45, 7) is -0.0101. The molecule has 18 heavy (non-hydrogen) atoms. The predicted octanol–water partition coefficient (Wildman–Crippen LogP) is 0.694. The number of carboxylic acid groups (broad SMARTS) is 1. The van der Waals surface area contributed by atoms with E-state index in [1.807, 2.05) is 24.3 Å². The first-order valence-corrected chi connectivity index (χ1v) is 5.95. The van der Waals surface area contributed by atoms with Crippen molar-refractivity contribution in [3.8, 4) is 0 Å². The number of nitrogens with one attached hydrogen (secondary N) is 2. The van der Waals surface area contributed by atoms with Crippen molar-refractivity contribution < 1.29 is 19.8 Å². The van der Waals surface area contributed by atoms with Crippen LogP contribution in [0.3, 0.4) is 0 Å². The van der Waals surface area contributed by atoms with Gasteiger partial charge in [-0.2, -0.15) is 0 Å². The zero-order valence-electron chi connectivity index (χ0n) is 9.39. The van der Waals surface area contributed by atoms with Crippen molar-refractivity contribution in [2.75, 3.05) is 6.54 Å². The van der Waals surface area contributed by atoms with E-state index in [0.717, 1.165) is 10.0 Å². The van der Waals surface area contributed by atoms with Crippen LogP contribution < -0.4 is 10.6 Å². The first kappa shape index (κ1) is 14.5. The number of aliphatic hydroxyl groups excluding tert-OH is 1. The van der Waals surface area contributed by atoms with E-state index in [1.165, 1.54) is 0 Å². The van der Waals surface area contributed by atoms with Crippen LogP contribution in [0.25, 0.3) is 0 Å². The Balaban J connectivity index is 2.29. The second-order valence-electron chi connectivity index (χ2n) is 3.54. The van der Waals surface area contributed by atoms with Crippen LogP contribution in [0.2, 0.25) is 0 Å². The number of rotatable bonds is 5. The third-order valence-electron chi connectivity index (χ3n) is 2.11. The predicted molar refractivity (Wildman–Crippen MR) is 68.0 cm³/mol. The van der Waals surface area contributed by atoms with Gasteiger partial charge in [0.15, 0.2) is 6.10 Å². The Hall–Kier alpha value is -1.60. The summed E-state index contributed by atoms with van der Waals surface area (Å²) < 4.78 is 0.945. The fourth-order valence-electron chi connectivity index (χ4n) is 1.12. The Morgan fingerprint density at radius 1 is 1.22 bits per heavy atom. The van der Waals surface area contributed by atoms with E-state index in [2.05, 4.69) is 26.6 Å². The van der Waals surface area contributed by atoms with Crippen molar-refractivity contribution in [2.24, 2.45) is 0 Å². The summed E-state index contributed by atoms with van der Waals surface area (Å²) in [7, 11) is 0. The maximum atomic E-state index is 11.3. The lowest BCUT2D eigenvalue weighted by atomic mass is 10.2. The molecule has 1 rings (SSSR count). The van der Waals surface area contributed by atoms with Crippen LogP contribution in [0, 0.1) is 0 Å². The average Bonchev–Trinajstić information content (AvgIpc) is 2.35. The monoisotopic (exact) mass is 316 g/mol. The highest BCUT2D eigenvalue weighted by atomic mass is 79.9. The molecule has 0 aliphatic rings. The molecule has 0 aromatic heterocycles. The summed E-state index contributed by atoms with van der Waals surface area (Å²) in [6, 6.07) is 6.86. The minimum Gasteiger partial charge on any atom is -0.479 e. The smallest absolute Gasteiger partial charge is 0.334 e. The van der Waals surface area contributed by atoms with Crippen LogP contribution in [0.1, 0.15) is 5.56 Å². The van der Waals surface area contributed by atoms with Gasteiger partial charge in [0, 0.05) is 11.0 Å². The Morgan fingerprint density at radius 3 is 2.39 bits per heavy atom. The molecule has 0 aliphatic heterocycles. The zero-order valence-corrected chi connectivity index (χ0v) is 11.0. The van der Waals surface area contributed by atoms with E-state index in [4.69, 9.17) is 10.2 Å². The highest BCUT2D eigenvalue weighted by Crippen LogP contribution is 2.09. The Labute approximate surface area is 112 Å². The molecule has 0 fully saturated rings. The lowest BCUT2D eigenvalue weighted by molar-refractivity contribution is -0.146.